The molecule has 0 atom stereocenters. The summed E-state index contributed by atoms with van der Waals surface area (Å²) >= 11 is 0. The Morgan fingerprint density at radius 1 is 1.26 bits per heavy atom. The SMILES string of the molecule is COCCOC(=O)Nc1c(C)cc(N2CCc3cc(F)ccc3C2)nc1C. The van der Waals surface area contributed by atoms with Gasteiger partial charge in [-0.15, -0.1) is 0 Å². The lowest BCUT2D eigenvalue weighted by molar-refractivity contribution is 0.107. The number of hydrogen-bond acceptors (Lipinski definition) is 5. The third kappa shape index (κ3) is 4.54. The van der Waals surface area contributed by atoms with Crippen molar-refractivity contribution in [1.82, 2.24) is 4.98 Å². The van der Waals surface area contributed by atoms with Crippen molar-refractivity contribution in [3.05, 3.63) is 52.5 Å². The first-order valence-electron chi connectivity index (χ1n) is 8.91. The lowest BCUT2D eigenvalue weighted by atomic mass is 9.99. The summed E-state index contributed by atoms with van der Waals surface area (Å²) in [6, 6.07) is 6.89. The largest absolute Gasteiger partial charge is 0.447 e. The molecule has 3 rings (SSSR count). The van der Waals surface area contributed by atoms with Crippen LogP contribution in [0.2, 0.25) is 0 Å². The van der Waals surface area contributed by atoms with Crippen molar-refractivity contribution < 1.29 is 18.7 Å². The van der Waals surface area contributed by atoms with Crippen LogP contribution in [0.1, 0.15) is 22.4 Å². The topological polar surface area (TPSA) is 63.7 Å². The summed E-state index contributed by atoms with van der Waals surface area (Å²) in [7, 11) is 1.55. The molecule has 7 heteroatoms. The summed E-state index contributed by atoms with van der Waals surface area (Å²) in [5.41, 5.74) is 4.45. The Hall–Kier alpha value is -2.67. The van der Waals surface area contributed by atoms with Crippen molar-refractivity contribution in [1.29, 1.82) is 0 Å². The second-order valence-electron chi connectivity index (χ2n) is 6.60. The zero-order valence-electron chi connectivity index (χ0n) is 15.8. The molecule has 0 aliphatic carbocycles. The average molecular weight is 373 g/mol. The minimum Gasteiger partial charge on any atom is -0.447 e. The van der Waals surface area contributed by atoms with E-state index in [4.69, 9.17) is 9.47 Å². The molecule has 0 spiro atoms. The number of nitrogens with zero attached hydrogens (tertiary/aromatic N) is 2. The fraction of sp³-hybridized carbons (Fsp3) is 0.400. The van der Waals surface area contributed by atoms with Crippen LogP contribution < -0.4 is 10.2 Å². The Morgan fingerprint density at radius 2 is 2.07 bits per heavy atom. The van der Waals surface area contributed by atoms with Crippen LogP contribution in [0.3, 0.4) is 0 Å². The molecule has 0 unspecified atom stereocenters. The number of ether oxygens (including phenoxy) is 2. The van der Waals surface area contributed by atoms with E-state index in [1.807, 2.05) is 26.0 Å². The van der Waals surface area contributed by atoms with Gasteiger partial charge >= 0.3 is 6.09 Å². The molecule has 1 aliphatic rings. The zero-order valence-corrected chi connectivity index (χ0v) is 15.8. The summed E-state index contributed by atoms with van der Waals surface area (Å²) in [6.45, 7) is 5.79. The number of halogens is 1. The fourth-order valence-corrected chi connectivity index (χ4v) is 3.24. The van der Waals surface area contributed by atoms with E-state index >= 15 is 0 Å². The Balaban J connectivity index is 1.73. The van der Waals surface area contributed by atoms with Crippen LogP contribution in [0.5, 0.6) is 0 Å². The van der Waals surface area contributed by atoms with Gasteiger partial charge in [0.1, 0.15) is 18.2 Å². The maximum Gasteiger partial charge on any atom is 0.411 e. The third-order valence-electron chi connectivity index (χ3n) is 4.64. The van der Waals surface area contributed by atoms with E-state index in [2.05, 4.69) is 15.2 Å². The van der Waals surface area contributed by atoms with Crippen molar-refractivity contribution in [2.75, 3.05) is 37.1 Å². The normalized spacial score (nSPS) is 13.3. The van der Waals surface area contributed by atoms with Crippen molar-refractivity contribution >= 4 is 17.6 Å². The van der Waals surface area contributed by atoms with Crippen LogP contribution in [-0.4, -0.2) is 37.9 Å². The molecule has 6 nitrogen and oxygen atoms in total. The van der Waals surface area contributed by atoms with E-state index in [-0.39, 0.29) is 12.4 Å². The molecular formula is C20H24FN3O3. The van der Waals surface area contributed by atoms with Crippen LogP contribution >= 0.6 is 0 Å². The van der Waals surface area contributed by atoms with Gasteiger partial charge in [0.25, 0.3) is 0 Å². The van der Waals surface area contributed by atoms with Crippen molar-refractivity contribution in [2.24, 2.45) is 0 Å². The van der Waals surface area contributed by atoms with Gasteiger partial charge in [0.15, 0.2) is 0 Å². The van der Waals surface area contributed by atoms with Gasteiger partial charge in [-0.3, -0.25) is 5.32 Å². The first-order chi connectivity index (χ1) is 13.0. The molecule has 1 aliphatic heterocycles. The van der Waals surface area contributed by atoms with E-state index in [1.54, 1.807) is 13.2 Å². The molecule has 0 bridgehead atoms. The van der Waals surface area contributed by atoms with E-state index in [9.17, 15) is 9.18 Å². The van der Waals surface area contributed by atoms with Gasteiger partial charge in [-0.1, -0.05) is 6.07 Å². The predicted octanol–water partition coefficient (Wildman–Crippen LogP) is 3.60. The Bertz CT molecular complexity index is 818. The molecule has 1 aromatic heterocycles. The summed E-state index contributed by atoms with van der Waals surface area (Å²) in [6.07, 6.45) is 0.250. The monoisotopic (exact) mass is 373 g/mol. The van der Waals surface area contributed by atoms with E-state index in [1.165, 1.54) is 6.07 Å². The van der Waals surface area contributed by atoms with E-state index in [0.29, 0.717) is 18.8 Å². The molecule has 2 heterocycles. The van der Waals surface area contributed by atoms with Crippen LogP contribution in [-0.2, 0) is 22.4 Å². The van der Waals surface area contributed by atoms with Crippen LogP contribution in [0.25, 0.3) is 0 Å². The Morgan fingerprint density at radius 3 is 2.81 bits per heavy atom. The first kappa shape index (κ1) is 19.1. The number of hydrogen-bond donors (Lipinski definition) is 1. The Kier molecular flexibility index (Phi) is 5.91. The van der Waals surface area contributed by atoms with Crippen LogP contribution in [0.4, 0.5) is 20.7 Å². The molecule has 2 aromatic rings. The van der Waals surface area contributed by atoms with Crippen LogP contribution in [0, 0.1) is 19.7 Å². The second-order valence-corrected chi connectivity index (χ2v) is 6.60. The highest BCUT2D eigenvalue weighted by Crippen LogP contribution is 2.28. The van der Waals surface area contributed by atoms with Gasteiger partial charge in [-0.2, -0.15) is 0 Å². The van der Waals surface area contributed by atoms with Crippen molar-refractivity contribution in [3.63, 3.8) is 0 Å². The molecule has 1 amide bonds. The molecule has 1 aromatic carbocycles. The number of aryl methyl sites for hydroxylation is 2. The highest BCUT2D eigenvalue weighted by molar-refractivity contribution is 5.86. The zero-order chi connectivity index (χ0) is 19.4. The number of amides is 1. The number of rotatable bonds is 5. The number of fused-ring (bicyclic) bond motifs is 1. The van der Waals surface area contributed by atoms with Crippen molar-refractivity contribution in [3.8, 4) is 0 Å². The van der Waals surface area contributed by atoms with Gasteiger partial charge in [0.05, 0.1) is 18.0 Å². The Labute approximate surface area is 158 Å². The predicted molar refractivity (Wildman–Crippen MR) is 102 cm³/mol. The maximum absolute atomic E-state index is 13.4. The number of benzene rings is 1. The maximum atomic E-state index is 13.4. The quantitative estimate of drug-likeness (QED) is 0.812. The first-order valence-corrected chi connectivity index (χ1v) is 8.91. The highest BCUT2D eigenvalue weighted by Gasteiger charge is 2.20. The number of methoxy groups -OCH3 is 1. The molecule has 0 fully saturated rings. The van der Waals surface area contributed by atoms with Gasteiger partial charge in [0.2, 0.25) is 0 Å². The molecule has 27 heavy (non-hydrogen) atoms. The molecule has 0 saturated carbocycles. The number of carbonyl (C=O) groups excluding carboxylic acids is 1. The minimum atomic E-state index is -0.526. The summed E-state index contributed by atoms with van der Waals surface area (Å²) in [4.78, 5) is 18.7. The fourth-order valence-electron chi connectivity index (χ4n) is 3.24. The molecule has 0 radical (unpaired) electrons. The number of pyridine rings is 1. The van der Waals surface area contributed by atoms with Gasteiger partial charge in [-0.25, -0.2) is 14.2 Å². The summed E-state index contributed by atoms with van der Waals surface area (Å²) in [5.74, 6) is 0.651. The summed E-state index contributed by atoms with van der Waals surface area (Å²) in [5, 5.41) is 2.75. The van der Waals surface area contributed by atoms with Gasteiger partial charge in [0, 0.05) is 20.2 Å². The number of aromatic nitrogens is 1. The molecular weight excluding hydrogens is 349 g/mol. The van der Waals surface area contributed by atoms with Crippen LogP contribution in [0.15, 0.2) is 24.3 Å². The smallest absolute Gasteiger partial charge is 0.411 e. The average Bonchev–Trinajstić information content (AvgIpc) is 2.64. The highest BCUT2D eigenvalue weighted by atomic mass is 19.1. The third-order valence-corrected chi connectivity index (χ3v) is 4.64. The minimum absolute atomic E-state index is 0.194. The molecule has 0 saturated heterocycles. The number of nitrogens with one attached hydrogen (secondary N) is 1. The second kappa shape index (κ2) is 8.35. The van der Waals surface area contributed by atoms with Gasteiger partial charge in [-0.05, 0) is 55.2 Å². The van der Waals surface area contributed by atoms with Gasteiger partial charge < -0.3 is 14.4 Å². The lowest BCUT2D eigenvalue weighted by Crippen LogP contribution is -2.31. The lowest BCUT2D eigenvalue weighted by Gasteiger charge is -2.30. The van der Waals surface area contributed by atoms with Crippen molar-refractivity contribution in [2.45, 2.75) is 26.8 Å². The number of anilines is 2. The molecule has 144 valence electrons. The molecule has 1 N–H and O–H groups in total. The van der Waals surface area contributed by atoms with E-state index in [0.717, 1.165) is 41.2 Å². The standard InChI is InChI=1S/C20H24FN3O3/c1-13-10-18(22-14(2)19(13)23-20(25)27-9-8-26-3)24-7-6-15-11-17(21)5-4-16(15)12-24/h4-5,10-11H,6-9,12H2,1-3H3,(H,23,25). The summed E-state index contributed by atoms with van der Waals surface area (Å²) < 4.78 is 23.3. The van der Waals surface area contributed by atoms with E-state index < -0.39 is 6.09 Å². The number of carbonyl (C=O) groups is 1.